The summed E-state index contributed by atoms with van der Waals surface area (Å²) >= 11 is 0. The molecule has 2 N–H and O–H groups in total. The van der Waals surface area contributed by atoms with E-state index in [-0.39, 0.29) is 6.42 Å². The molecule has 0 aromatic carbocycles. The SMILES string of the molecule is CC[C@]1(C(=O)O)CC(F)(F)CN1. The third-order valence-electron chi connectivity index (χ3n) is 2.26. The highest BCUT2D eigenvalue weighted by Crippen LogP contribution is 2.34. The fraction of sp³-hybridized carbons (Fsp3) is 0.857. The van der Waals surface area contributed by atoms with Crippen molar-refractivity contribution >= 4 is 5.97 Å². The van der Waals surface area contributed by atoms with Crippen LogP contribution < -0.4 is 5.32 Å². The number of carboxylic acids is 1. The quantitative estimate of drug-likeness (QED) is 0.660. The zero-order valence-corrected chi connectivity index (χ0v) is 6.73. The van der Waals surface area contributed by atoms with Gasteiger partial charge in [0.25, 0.3) is 5.92 Å². The molecule has 1 atom stereocenters. The van der Waals surface area contributed by atoms with Crippen molar-refractivity contribution in [3.63, 3.8) is 0 Å². The van der Waals surface area contributed by atoms with Crippen LogP contribution in [0.4, 0.5) is 8.78 Å². The van der Waals surface area contributed by atoms with Crippen LogP contribution in [0.25, 0.3) is 0 Å². The molecule has 3 nitrogen and oxygen atoms in total. The Morgan fingerprint density at radius 2 is 2.25 bits per heavy atom. The molecule has 1 heterocycles. The van der Waals surface area contributed by atoms with Crippen LogP contribution in [0.3, 0.4) is 0 Å². The molecule has 0 aromatic rings. The highest BCUT2D eigenvalue weighted by atomic mass is 19.3. The van der Waals surface area contributed by atoms with Gasteiger partial charge < -0.3 is 5.11 Å². The van der Waals surface area contributed by atoms with Crippen LogP contribution >= 0.6 is 0 Å². The first-order valence-electron chi connectivity index (χ1n) is 3.78. The van der Waals surface area contributed by atoms with E-state index in [1.165, 1.54) is 0 Å². The lowest BCUT2D eigenvalue weighted by atomic mass is 9.93. The summed E-state index contributed by atoms with van der Waals surface area (Å²) in [6.45, 7) is 1.05. The van der Waals surface area contributed by atoms with Gasteiger partial charge in [-0.2, -0.15) is 0 Å². The number of rotatable bonds is 2. The maximum atomic E-state index is 12.7. The lowest BCUT2D eigenvalue weighted by Gasteiger charge is -2.21. The van der Waals surface area contributed by atoms with Gasteiger partial charge in [-0.3, -0.25) is 10.1 Å². The fourth-order valence-corrected chi connectivity index (χ4v) is 1.42. The topological polar surface area (TPSA) is 49.3 Å². The average molecular weight is 179 g/mol. The molecule has 12 heavy (non-hydrogen) atoms. The zero-order valence-electron chi connectivity index (χ0n) is 6.73. The van der Waals surface area contributed by atoms with Gasteiger partial charge in [-0.15, -0.1) is 0 Å². The number of nitrogens with one attached hydrogen (secondary N) is 1. The maximum absolute atomic E-state index is 12.7. The molecule has 0 saturated carbocycles. The van der Waals surface area contributed by atoms with Crippen molar-refractivity contribution in [2.45, 2.75) is 31.2 Å². The highest BCUT2D eigenvalue weighted by molar-refractivity contribution is 5.79. The third-order valence-corrected chi connectivity index (χ3v) is 2.26. The lowest BCUT2D eigenvalue weighted by Crippen LogP contribution is -2.46. The van der Waals surface area contributed by atoms with Gasteiger partial charge in [-0.1, -0.05) is 6.92 Å². The van der Waals surface area contributed by atoms with Gasteiger partial charge in [0.15, 0.2) is 0 Å². The molecule has 0 radical (unpaired) electrons. The van der Waals surface area contributed by atoms with Crippen molar-refractivity contribution < 1.29 is 18.7 Å². The number of halogens is 2. The van der Waals surface area contributed by atoms with E-state index >= 15 is 0 Å². The minimum absolute atomic E-state index is 0.178. The summed E-state index contributed by atoms with van der Waals surface area (Å²) in [5.41, 5.74) is -1.41. The predicted octanol–water partition coefficient (Wildman–Crippen LogP) is 0.848. The molecule has 5 heteroatoms. The monoisotopic (exact) mass is 179 g/mol. The van der Waals surface area contributed by atoms with Gasteiger partial charge in [0, 0.05) is 6.42 Å². The second-order valence-electron chi connectivity index (χ2n) is 3.13. The van der Waals surface area contributed by atoms with E-state index < -0.39 is 30.4 Å². The summed E-state index contributed by atoms with van der Waals surface area (Å²) in [6.07, 6.45) is -0.427. The molecule has 1 aliphatic heterocycles. The van der Waals surface area contributed by atoms with E-state index in [1.54, 1.807) is 6.92 Å². The Hall–Kier alpha value is -0.710. The van der Waals surface area contributed by atoms with E-state index in [1.807, 2.05) is 0 Å². The second-order valence-corrected chi connectivity index (χ2v) is 3.13. The van der Waals surface area contributed by atoms with E-state index in [0.717, 1.165) is 0 Å². The van der Waals surface area contributed by atoms with E-state index in [0.29, 0.717) is 0 Å². The van der Waals surface area contributed by atoms with Crippen LogP contribution in [0, 0.1) is 0 Å². The van der Waals surface area contributed by atoms with E-state index in [9.17, 15) is 13.6 Å². The summed E-state index contributed by atoms with van der Waals surface area (Å²) in [6, 6.07) is 0. The Labute approximate surface area is 68.8 Å². The van der Waals surface area contributed by atoms with Gasteiger partial charge in [-0.25, -0.2) is 8.78 Å². The molecule has 1 rings (SSSR count). The highest BCUT2D eigenvalue weighted by Gasteiger charge is 2.52. The molecule has 0 amide bonds. The molecule has 0 aliphatic carbocycles. The van der Waals surface area contributed by atoms with Gasteiger partial charge in [0.2, 0.25) is 0 Å². The molecule has 0 bridgehead atoms. The van der Waals surface area contributed by atoms with Gasteiger partial charge >= 0.3 is 5.97 Å². The number of alkyl halides is 2. The number of aliphatic carboxylic acids is 1. The number of hydrogen-bond donors (Lipinski definition) is 2. The largest absolute Gasteiger partial charge is 0.480 e. The van der Waals surface area contributed by atoms with Crippen molar-refractivity contribution in [1.82, 2.24) is 5.32 Å². The minimum atomic E-state index is -2.88. The van der Waals surface area contributed by atoms with Crippen LogP contribution in [-0.2, 0) is 4.79 Å². The summed E-state index contributed by atoms with van der Waals surface area (Å²) in [5, 5.41) is 11.1. The number of hydrogen-bond acceptors (Lipinski definition) is 2. The Bertz CT molecular complexity index is 208. The van der Waals surface area contributed by atoms with Gasteiger partial charge in [-0.05, 0) is 6.42 Å². The molecule has 1 fully saturated rings. The molecule has 0 spiro atoms. The number of carbonyl (C=O) groups is 1. The molecule has 0 aromatic heterocycles. The summed E-state index contributed by atoms with van der Waals surface area (Å²) in [5.74, 6) is -4.07. The first-order chi connectivity index (χ1) is 5.42. The van der Waals surface area contributed by atoms with Crippen molar-refractivity contribution in [2.24, 2.45) is 0 Å². The van der Waals surface area contributed by atoms with Gasteiger partial charge in [0.05, 0.1) is 6.54 Å². The summed E-state index contributed by atoms with van der Waals surface area (Å²) in [4.78, 5) is 10.6. The summed E-state index contributed by atoms with van der Waals surface area (Å²) in [7, 11) is 0. The first kappa shape index (κ1) is 9.38. The second kappa shape index (κ2) is 2.65. The molecular weight excluding hydrogens is 168 g/mol. The Morgan fingerprint density at radius 3 is 2.42 bits per heavy atom. The smallest absolute Gasteiger partial charge is 0.324 e. The maximum Gasteiger partial charge on any atom is 0.324 e. The molecular formula is C7H11F2NO2. The van der Waals surface area contributed by atoms with Gasteiger partial charge in [0.1, 0.15) is 5.54 Å². The Kier molecular flexibility index (Phi) is 2.07. The van der Waals surface area contributed by atoms with Crippen LogP contribution in [0.2, 0.25) is 0 Å². The molecule has 1 aliphatic rings. The zero-order chi connectivity index (χ0) is 9.41. The first-order valence-corrected chi connectivity index (χ1v) is 3.78. The third kappa shape index (κ3) is 1.41. The lowest BCUT2D eigenvalue weighted by molar-refractivity contribution is -0.145. The van der Waals surface area contributed by atoms with Crippen molar-refractivity contribution in [3.05, 3.63) is 0 Å². The van der Waals surface area contributed by atoms with E-state index in [2.05, 4.69) is 5.32 Å². The van der Waals surface area contributed by atoms with Crippen LogP contribution in [0.1, 0.15) is 19.8 Å². The van der Waals surface area contributed by atoms with Crippen LogP contribution in [-0.4, -0.2) is 29.1 Å². The van der Waals surface area contributed by atoms with Crippen molar-refractivity contribution in [3.8, 4) is 0 Å². The Morgan fingerprint density at radius 1 is 1.67 bits per heavy atom. The van der Waals surface area contributed by atoms with E-state index in [4.69, 9.17) is 5.11 Å². The standard InChI is InChI=1S/C7H11F2NO2/c1-2-6(5(11)12)3-7(8,9)4-10-6/h10H,2-4H2,1H3,(H,11,12)/t6-/m1/s1. The molecule has 70 valence electrons. The van der Waals surface area contributed by atoms with Crippen LogP contribution in [0.15, 0.2) is 0 Å². The minimum Gasteiger partial charge on any atom is -0.480 e. The summed E-state index contributed by atoms with van der Waals surface area (Å²) < 4.78 is 25.3. The number of carboxylic acid groups (broad SMARTS) is 1. The van der Waals surface area contributed by atoms with Crippen LogP contribution in [0.5, 0.6) is 0 Å². The predicted molar refractivity (Wildman–Crippen MR) is 38.2 cm³/mol. The fourth-order valence-electron chi connectivity index (χ4n) is 1.42. The Balaban J connectivity index is 2.80. The van der Waals surface area contributed by atoms with Crippen molar-refractivity contribution in [1.29, 1.82) is 0 Å². The molecule has 0 unspecified atom stereocenters. The van der Waals surface area contributed by atoms with Crippen molar-refractivity contribution in [2.75, 3.05) is 6.54 Å². The average Bonchev–Trinajstić information content (AvgIpc) is 2.27. The molecule has 1 saturated heterocycles. The normalized spacial score (nSPS) is 33.6.